The monoisotopic (exact) mass is 500 g/mol. The van der Waals surface area contributed by atoms with E-state index >= 15 is 0 Å². The lowest BCUT2D eigenvalue weighted by molar-refractivity contribution is -0.138. The SMILES string of the molecule is CC(C)CNC(=O)C(C)N(Cc1ccc(Cl)cc1Cl)C(=O)CSCc1cccc(Cl)c1. The van der Waals surface area contributed by atoms with Crippen molar-refractivity contribution in [3.05, 3.63) is 68.7 Å². The second kappa shape index (κ2) is 12.6. The van der Waals surface area contributed by atoms with Crippen LogP contribution in [0.25, 0.3) is 0 Å². The van der Waals surface area contributed by atoms with Gasteiger partial charge in [-0.1, -0.05) is 66.8 Å². The molecule has 2 aromatic rings. The van der Waals surface area contributed by atoms with Crippen LogP contribution < -0.4 is 5.32 Å². The van der Waals surface area contributed by atoms with Crippen molar-refractivity contribution in [1.82, 2.24) is 10.2 Å². The van der Waals surface area contributed by atoms with Gasteiger partial charge < -0.3 is 10.2 Å². The zero-order valence-corrected chi connectivity index (χ0v) is 20.9. The summed E-state index contributed by atoms with van der Waals surface area (Å²) in [4.78, 5) is 27.3. The zero-order chi connectivity index (χ0) is 23.0. The Bertz CT molecular complexity index is 908. The molecule has 0 aromatic heterocycles. The highest BCUT2D eigenvalue weighted by atomic mass is 35.5. The van der Waals surface area contributed by atoms with E-state index in [0.29, 0.717) is 33.3 Å². The molecule has 0 aliphatic heterocycles. The van der Waals surface area contributed by atoms with Crippen LogP contribution in [0.3, 0.4) is 0 Å². The van der Waals surface area contributed by atoms with Gasteiger partial charge in [-0.15, -0.1) is 11.8 Å². The van der Waals surface area contributed by atoms with Crippen LogP contribution in [0.2, 0.25) is 15.1 Å². The number of thioether (sulfide) groups is 1. The van der Waals surface area contributed by atoms with Gasteiger partial charge in [-0.05, 0) is 48.2 Å². The van der Waals surface area contributed by atoms with E-state index in [1.54, 1.807) is 30.0 Å². The van der Waals surface area contributed by atoms with Crippen molar-refractivity contribution < 1.29 is 9.59 Å². The second-order valence-corrected chi connectivity index (χ2v) is 9.96. The van der Waals surface area contributed by atoms with Crippen molar-refractivity contribution in [2.24, 2.45) is 5.92 Å². The molecular weight excluding hydrogens is 475 g/mol. The van der Waals surface area contributed by atoms with Gasteiger partial charge in [-0.25, -0.2) is 0 Å². The molecule has 0 saturated carbocycles. The summed E-state index contributed by atoms with van der Waals surface area (Å²) in [6.45, 7) is 6.56. The molecule has 31 heavy (non-hydrogen) atoms. The maximum absolute atomic E-state index is 13.1. The normalized spacial score (nSPS) is 12.0. The molecule has 0 heterocycles. The summed E-state index contributed by atoms with van der Waals surface area (Å²) in [5.41, 5.74) is 1.78. The molecule has 4 nitrogen and oxygen atoms in total. The van der Waals surface area contributed by atoms with Gasteiger partial charge >= 0.3 is 0 Å². The fourth-order valence-electron chi connectivity index (χ4n) is 2.83. The first kappa shape index (κ1) is 25.9. The number of benzene rings is 2. The minimum absolute atomic E-state index is 0.134. The zero-order valence-electron chi connectivity index (χ0n) is 17.8. The second-order valence-electron chi connectivity index (χ2n) is 7.70. The van der Waals surface area contributed by atoms with Gasteiger partial charge in [0.1, 0.15) is 6.04 Å². The molecule has 1 N–H and O–H groups in total. The average Bonchev–Trinajstić information content (AvgIpc) is 2.71. The summed E-state index contributed by atoms with van der Waals surface area (Å²) >= 11 is 19.8. The van der Waals surface area contributed by atoms with Gasteiger partial charge in [0.2, 0.25) is 11.8 Å². The first-order valence-corrected chi connectivity index (χ1v) is 12.3. The number of carbonyl (C=O) groups excluding carboxylic acids is 2. The summed E-state index contributed by atoms with van der Waals surface area (Å²) in [7, 11) is 0. The maximum atomic E-state index is 13.1. The highest BCUT2D eigenvalue weighted by molar-refractivity contribution is 7.99. The first-order valence-electron chi connectivity index (χ1n) is 10.0. The highest BCUT2D eigenvalue weighted by Crippen LogP contribution is 2.24. The summed E-state index contributed by atoms with van der Waals surface area (Å²) in [6.07, 6.45) is 0. The van der Waals surface area contributed by atoms with E-state index in [4.69, 9.17) is 34.8 Å². The number of carbonyl (C=O) groups is 2. The largest absolute Gasteiger partial charge is 0.354 e. The predicted octanol–water partition coefficient (Wildman–Crippen LogP) is 6.07. The number of nitrogens with zero attached hydrogens (tertiary/aromatic N) is 1. The average molecular weight is 502 g/mol. The van der Waals surface area contributed by atoms with Crippen LogP contribution in [0.4, 0.5) is 0 Å². The van der Waals surface area contributed by atoms with Crippen LogP contribution >= 0.6 is 46.6 Å². The predicted molar refractivity (Wildman–Crippen MR) is 132 cm³/mol. The smallest absolute Gasteiger partial charge is 0.242 e. The summed E-state index contributed by atoms with van der Waals surface area (Å²) in [6, 6.07) is 12.1. The highest BCUT2D eigenvalue weighted by Gasteiger charge is 2.26. The van der Waals surface area contributed by atoms with E-state index in [-0.39, 0.29) is 24.1 Å². The molecule has 0 saturated heterocycles. The molecule has 0 aliphatic rings. The lowest BCUT2D eigenvalue weighted by atomic mass is 10.1. The summed E-state index contributed by atoms with van der Waals surface area (Å²) in [5, 5.41) is 4.56. The van der Waals surface area contributed by atoms with Gasteiger partial charge in [-0.2, -0.15) is 0 Å². The van der Waals surface area contributed by atoms with Crippen molar-refractivity contribution in [3.8, 4) is 0 Å². The third kappa shape index (κ3) is 8.57. The Morgan fingerprint density at radius 3 is 2.39 bits per heavy atom. The van der Waals surface area contributed by atoms with Crippen molar-refractivity contribution in [1.29, 1.82) is 0 Å². The van der Waals surface area contributed by atoms with E-state index < -0.39 is 6.04 Å². The molecular formula is C23H27Cl3N2O2S. The standard InChI is InChI=1S/C23H27Cl3N2O2S/c1-15(2)11-27-23(30)16(3)28(12-18-7-8-20(25)10-21(18)26)22(29)14-31-13-17-5-4-6-19(24)9-17/h4-10,15-16H,11-14H2,1-3H3,(H,27,30). The van der Waals surface area contributed by atoms with E-state index in [2.05, 4.69) is 5.32 Å². The van der Waals surface area contributed by atoms with Crippen molar-refractivity contribution in [2.45, 2.75) is 39.1 Å². The fourth-order valence-corrected chi connectivity index (χ4v) is 4.37. The molecule has 0 spiro atoms. The van der Waals surface area contributed by atoms with Crippen LogP contribution in [0.1, 0.15) is 31.9 Å². The van der Waals surface area contributed by atoms with Crippen molar-refractivity contribution >= 4 is 58.4 Å². The lowest BCUT2D eigenvalue weighted by Crippen LogP contribution is -2.48. The fraction of sp³-hybridized carbons (Fsp3) is 0.391. The Balaban J connectivity index is 2.10. The Kier molecular flexibility index (Phi) is 10.5. The Labute approximate surface area is 203 Å². The number of hydrogen-bond acceptors (Lipinski definition) is 3. The van der Waals surface area contributed by atoms with Gasteiger partial charge in [0.05, 0.1) is 5.75 Å². The number of halogens is 3. The maximum Gasteiger partial charge on any atom is 0.242 e. The summed E-state index contributed by atoms with van der Waals surface area (Å²) in [5.74, 6) is 0.881. The van der Waals surface area contributed by atoms with Gasteiger partial charge in [0.25, 0.3) is 0 Å². The minimum Gasteiger partial charge on any atom is -0.354 e. The Morgan fingerprint density at radius 1 is 1.03 bits per heavy atom. The van der Waals surface area contributed by atoms with Crippen LogP contribution in [-0.2, 0) is 21.9 Å². The third-order valence-electron chi connectivity index (χ3n) is 4.59. The third-order valence-corrected chi connectivity index (χ3v) is 6.40. The molecule has 168 valence electrons. The van der Waals surface area contributed by atoms with Crippen molar-refractivity contribution in [3.63, 3.8) is 0 Å². The quantitative estimate of drug-likeness (QED) is 0.430. The van der Waals surface area contributed by atoms with E-state index in [0.717, 1.165) is 11.1 Å². The number of hydrogen-bond donors (Lipinski definition) is 1. The Morgan fingerprint density at radius 2 is 1.74 bits per heavy atom. The van der Waals surface area contributed by atoms with Crippen LogP contribution in [0, 0.1) is 5.92 Å². The molecule has 2 amide bonds. The first-order chi connectivity index (χ1) is 14.7. The van der Waals surface area contributed by atoms with Crippen LogP contribution in [-0.4, -0.2) is 35.1 Å². The molecule has 2 aromatic carbocycles. The Hall–Kier alpha value is -1.40. The number of nitrogens with one attached hydrogen (secondary N) is 1. The molecule has 1 unspecified atom stereocenters. The van der Waals surface area contributed by atoms with E-state index in [1.807, 2.05) is 38.1 Å². The topological polar surface area (TPSA) is 49.4 Å². The van der Waals surface area contributed by atoms with Gasteiger partial charge in [0.15, 0.2) is 0 Å². The molecule has 2 rings (SSSR count). The van der Waals surface area contributed by atoms with Gasteiger partial charge in [-0.3, -0.25) is 9.59 Å². The number of amides is 2. The number of rotatable bonds is 10. The van der Waals surface area contributed by atoms with E-state index in [1.165, 1.54) is 11.8 Å². The molecule has 1 atom stereocenters. The molecule has 0 radical (unpaired) electrons. The summed E-state index contributed by atoms with van der Waals surface area (Å²) < 4.78 is 0. The molecule has 8 heteroatoms. The lowest BCUT2D eigenvalue weighted by Gasteiger charge is -2.29. The molecule has 0 bridgehead atoms. The molecule has 0 fully saturated rings. The minimum atomic E-state index is -0.634. The van der Waals surface area contributed by atoms with Gasteiger partial charge in [0, 0.05) is 33.9 Å². The van der Waals surface area contributed by atoms with Crippen LogP contribution in [0.5, 0.6) is 0 Å². The van der Waals surface area contributed by atoms with Crippen LogP contribution in [0.15, 0.2) is 42.5 Å². The van der Waals surface area contributed by atoms with Crippen molar-refractivity contribution in [2.75, 3.05) is 12.3 Å². The van der Waals surface area contributed by atoms with E-state index in [9.17, 15) is 9.59 Å². The molecule has 0 aliphatic carbocycles.